The molecule has 1 N–H and O–H groups in total. The van der Waals surface area contributed by atoms with E-state index in [0.29, 0.717) is 0 Å². The van der Waals surface area contributed by atoms with E-state index >= 15 is 0 Å². The number of nitrogens with one attached hydrogen (secondary N) is 1. The van der Waals surface area contributed by atoms with Gasteiger partial charge >= 0.3 is 0 Å². The Labute approximate surface area is 118 Å². The molecule has 0 bridgehead atoms. The van der Waals surface area contributed by atoms with E-state index in [1.54, 1.807) is 0 Å². The summed E-state index contributed by atoms with van der Waals surface area (Å²) in [5.41, 5.74) is 2.46. The molecule has 0 aliphatic carbocycles. The van der Waals surface area contributed by atoms with Gasteiger partial charge in [0, 0.05) is 13.1 Å². The summed E-state index contributed by atoms with van der Waals surface area (Å²) in [5.74, 6) is 0.728. The summed E-state index contributed by atoms with van der Waals surface area (Å²) in [6, 6.07) is 0. The molecule has 1 rings (SSSR count). The molecule has 0 fully saturated rings. The van der Waals surface area contributed by atoms with Crippen molar-refractivity contribution in [1.29, 1.82) is 0 Å². The van der Waals surface area contributed by atoms with E-state index in [0.717, 1.165) is 31.1 Å². The van der Waals surface area contributed by atoms with Crippen LogP contribution in [0.4, 0.5) is 0 Å². The Hall–Kier alpha value is -0.900. The van der Waals surface area contributed by atoms with Crippen molar-refractivity contribution in [1.82, 2.24) is 20.3 Å². The van der Waals surface area contributed by atoms with Crippen LogP contribution in [0.5, 0.6) is 0 Å². The maximum atomic E-state index is 4.34. The van der Waals surface area contributed by atoms with Crippen LogP contribution in [0, 0.1) is 5.92 Å². The number of unbranched alkanes of at least 4 members (excludes halogenated alkanes) is 3. The van der Waals surface area contributed by atoms with Gasteiger partial charge in [0.2, 0.25) is 0 Å². The van der Waals surface area contributed by atoms with Gasteiger partial charge in [-0.05, 0) is 32.2 Å². The van der Waals surface area contributed by atoms with Gasteiger partial charge in [0.25, 0.3) is 0 Å². The summed E-state index contributed by atoms with van der Waals surface area (Å²) in [4.78, 5) is 0. The zero-order chi connectivity index (χ0) is 14.1. The number of aryl methyl sites for hydroxylation is 1. The normalized spacial score (nSPS) is 11.4. The van der Waals surface area contributed by atoms with Gasteiger partial charge in [-0.25, -0.2) is 4.68 Å². The van der Waals surface area contributed by atoms with E-state index in [1.165, 1.54) is 37.8 Å². The minimum Gasteiger partial charge on any atom is -0.314 e. The fraction of sp³-hybridized carbons (Fsp3) is 0.867. The predicted molar refractivity (Wildman–Crippen MR) is 80.1 cm³/mol. The van der Waals surface area contributed by atoms with Crippen molar-refractivity contribution < 1.29 is 0 Å². The van der Waals surface area contributed by atoms with Gasteiger partial charge in [0.1, 0.15) is 0 Å². The van der Waals surface area contributed by atoms with Gasteiger partial charge in [-0.3, -0.25) is 0 Å². The van der Waals surface area contributed by atoms with Crippen LogP contribution in [0.3, 0.4) is 0 Å². The van der Waals surface area contributed by atoms with Gasteiger partial charge in [-0.1, -0.05) is 45.2 Å². The summed E-state index contributed by atoms with van der Waals surface area (Å²) in [7, 11) is 1.96. The topological polar surface area (TPSA) is 42.7 Å². The van der Waals surface area contributed by atoms with E-state index in [1.807, 2.05) is 7.05 Å². The molecule has 0 amide bonds. The van der Waals surface area contributed by atoms with Crippen molar-refractivity contribution >= 4 is 0 Å². The molecule has 19 heavy (non-hydrogen) atoms. The largest absolute Gasteiger partial charge is 0.314 e. The molecule has 1 aromatic heterocycles. The average Bonchev–Trinajstić information content (AvgIpc) is 2.75. The Morgan fingerprint density at radius 3 is 2.63 bits per heavy atom. The fourth-order valence-corrected chi connectivity index (χ4v) is 2.24. The van der Waals surface area contributed by atoms with E-state index in [9.17, 15) is 0 Å². The minimum atomic E-state index is 0.728. The van der Waals surface area contributed by atoms with Crippen LogP contribution in [0.1, 0.15) is 64.3 Å². The van der Waals surface area contributed by atoms with Crippen LogP contribution < -0.4 is 5.32 Å². The number of hydrogen-bond acceptors (Lipinski definition) is 3. The first-order valence-electron chi connectivity index (χ1n) is 7.74. The molecule has 1 aromatic rings. The molecule has 0 radical (unpaired) electrons. The second-order valence-electron chi connectivity index (χ2n) is 5.73. The third-order valence-electron chi connectivity index (χ3n) is 3.44. The summed E-state index contributed by atoms with van der Waals surface area (Å²) in [6.07, 6.45) is 7.41. The first-order chi connectivity index (χ1) is 9.19. The number of aromatic nitrogens is 3. The molecule has 4 heteroatoms. The highest BCUT2D eigenvalue weighted by molar-refractivity contribution is 5.10. The fourth-order valence-electron chi connectivity index (χ4n) is 2.24. The highest BCUT2D eigenvalue weighted by Gasteiger charge is 2.12. The predicted octanol–water partition coefficient (Wildman–Crippen LogP) is 3.17. The van der Waals surface area contributed by atoms with Crippen molar-refractivity contribution in [3.8, 4) is 0 Å². The van der Waals surface area contributed by atoms with Crippen LogP contribution in [-0.4, -0.2) is 22.0 Å². The van der Waals surface area contributed by atoms with Crippen LogP contribution in [0.2, 0.25) is 0 Å². The van der Waals surface area contributed by atoms with Crippen molar-refractivity contribution in [3.63, 3.8) is 0 Å². The zero-order valence-corrected chi connectivity index (χ0v) is 13.1. The number of rotatable bonds is 10. The molecule has 0 aliphatic rings. The second-order valence-corrected chi connectivity index (χ2v) is 5.73. The maximum Gasteiger partial charge on any atom is 0.0996 e. The van der Waals surface area contributed by atoms with Crippen molar-refractivity contribution in [2.75, 3.05) is 7.05 Å². The summed E-state index contributed by atoms with van der Waals surface area (Å²) in [6.45, 7) is 8.63. The Balaban J connectivity index is 2.61. The van der Waals surface area contributed by atoms with Gasteiger partial charge in [0.05, 0.1) is 11.4 Å². The van der Waals surface area contributed by atoms with Gasteiger partial charge in [0.15, 0.2) is 0 Å². The van der Waals surface area contributed by atoms with Crippen molar-refractivity contribution in [2.45, 2.75) is 72.4 Å². The van der Waals surface area contributed by atoms with Gasteiger partial charge in [-0.2, -0.15) is 0 Å². The Morgan fingerprint density at radius 2 is 2.00 bits per heavy atom. The SMILES string of the molecule is CCCCCCn1nnc(CNC)c1CCC(C)C. The third kappa shape index (κ3) is 5.72. The lowest BCUT2D eigenvalue weighted by atomic mass is 10.1. The van der Waals surface area contributed by atoms with Crippen LogP contribution >= 0.6 is 0 Å². The van der Waals surface area contributed by atoms with Crippen LogP contribution in [0.15, 0.2) is 0 Å². The Morgan fingerprint density at radius 1 is 1.21 bits per heavy atom. The lowest BCUT2D eigenvalue weighted by Gasteiger charge is -2.09. The maximum absolute atomic E-state index is 4.34. The number of nitrogens with zero attached hydrogens (tertiary/aromatic N) is 3. The molecule has 0 unspecified atom stereocenters. The smallest absolute Gasteiger partial charge is 0.0996 e. The van der Waals surface area contributed by atoms with Crippen molar-refractivity contribution in [3.05, 3.63) is 11.4 Å². The molecule has 0 saturated carbocycles. The van der Waals surface area contributed by atoms with Gasteiger partial charge < -0.3 is 5.32 Å². The van der Waals surface area contributed by atoms with E-state index in [2.05, 4.69) is 41.1 Å². The van der Waals surface area contributed by atoms with Crippen LogP contribution in [0.25, 0.3) is 0 Å². The molecule has 110 valence electrons. The zero-order valence-electron chi connectivity index (χ0n) is 13.1. The minimum absolute atomic E-state index is 0.728. The standard InChI is InChI=1S/C15H30N4/c1-5-6-7-8-11-19-15(10-9-13(2)3)14(12-16-4)17-18-19/h13,16H,5-12H2,1-4H3. The van der Waals surface area contributed by atoms with Gasteiger partial charge in [-0.15, -0.1) is 5.10 Å². The molecular formula is C15H30N4. The molecule has 0 atom stereocenters. The second kappa shape index (κ2) is 9.08. The number of hydrogen-bond donors (Lipinski definition) is 1. The molecule has 0 spiro atoms. The molecule has 0 saturated heterocycles. The highest BCUT2D eigenvalue weighted by Crippen LogP contribution is 2.13. The van der Waals surface area contributed by atoms with Crippen molar-refractivity contribution in [2.24, 2.45) is 5.92 Å². The lowest BCUT2D eigenvalue weighted by molar-refractivity contribution is 0.495. The Kier molecular flexibility index (Phi) is 7.72. The summed E-state index contributed by atoms with van der Waals surface area (Å²) in [5, 5.41) is 11.9. The van der Waals surface area contributed by atoms with Crippen LogP contribution in [-0.2, 0) is 19.5 Å². The van der Waals surface area contributed by atoms with E-state index in [-0.39, 0.29) is 0 Å². The first kappa shape index (κ1) is 16.2. The summed E-state index contributed by atoms with van der Waals surface area (Å²) >= 11 is 0. The quantitative estimate of drug-likeness (QED) is 0.661. The molecule has 0 aliphatic heterocycles. The monoisotopic (exact) mass is 266 g/mol. The van der Waals surface area contributed by atoms with E-state index < -0.39 is 0 Å². The highest BCUT2D eigenvalue weighted by atomic mass is 15.4. The first-order valence-corrected chi connectivity index (χ1v) is 7.74. The van der Waals surface area contributed by atoms with E-state index in [4.69, 9.17) is 0 Å². The molecular weight excluding hydrogens is 236 g/mol. The Bertz CT molecular complexity index is 344. The molecule has 0 aromatic carbocycles. The third-order valence-corrected chi connectivity index (χ3v) is 3.44. The lowest BCUT2D eigenvalue weighted by Crippen LogP contribution is -2.11. The average molecular weight is 266 g/mol. The summed E-state index contributed by atoms with van der Waals surface area (Å²) < 4.78 is 2.13. The molecule has 4 nitrogen and oxygen atoms in total. The molecule has 1 heterocycles.